The molecule has 1 aromatic carbocycles. The molecule has 0 spiro atoms. The topological polar surface area (TPSA) is 71.4 Å². The third-order valence-corrected chi connectivity index (χ3v) is 3.21. The fourth-order valence-electron chi connectivity index (χ4n) is 1.27. The Kier molecular flexibility index (Phi) is 3.14. The number of carbonyl (C=O) groups excluding carboxylic acids is 1. The van der Waals surface area contributed by atoms with Crippen molar-refractivity contribution in [3.8, 4) is 5.75 Å². The van der Waals surface area contributed by atoms with Gasteiger partial charge in [-0.1, -0.05) is 6.92 Å². The summed E-state index contributed by atoms with van der Waals surface area (Å²) < 4.78 is 22.6. The number of aldehydes is 1. The molecule has 0 saturated heterocycles. The first kappa shape index (κ1) is 11.7. The Morgan fingerprint density at radius 2 is 2.00 bits per heavy atom. The van der Waals surface area contributed by atoms with E-state index in [-0.39, 0.29) is 10.5 Å². The highest BCUT2D eigenvalue weighted by Crippen LogP contribution is 2.27. The van der Waals surface area contributed by atoms with E-state index in [4.69, 9.17) is 0 Å². The Morgan fingerprint density at radius 3 is 2.40 bits per heavy atom. The van der Waals surface area contributed by atoms with Crippen LogP contribution in [-0.2, 0) is 16.3 Å². The normalized spacial score (nSPS) is 11.3. The van der Waals surface area contributed by atoms with Crippen LogP contribution in [0.5, 0.6) is 5.75 Å². The van der Waals surface area contributed by atoms with Gasteiger partial charge in [0.2, 0.25) is 0 Å². The van der Waals surface area contributed by atoms with Crippen LogP contribution in [0.1, 0.15) is 22.8 Å². The summed E-state index contributed by atoms with van der Waals surface area (Å²) in [7, 11) is -3.51. The molecule has 1 aromatic rings. The lowest BCUT2D eigenvalue weighted by atomic mass is 10.1. The van der Waals surface area contributed by atoms with E-state index in [0.29, 0.717) is 18.3 Å². The van der Waals surface area contributed by atoms with Crippen LogP contribution in [-0.4, -0.2) is 26.1 Å². The Balaban J connectivity index is 3.58. The average Bonchev–Trinajstić information content (AvgIpc) is 2.16. The second-order valence-corrected chi connectivity index (χ2v) is 5.26. The molecule has 1 rings (SSSR count). The minimum atomic E-state index is -3.51. The number of carbonyl (C=O) groups is 1. The molecule has 0 unspecified atom stereocenters. The van der Waals surface area contributed by atoms with Crippen LogP contribution in [0.15, 0.2) is 17.0 Å². The average molecular weight is 228 g/mol. The van der Waals surface area contributed by atoms with E-state index in [2.05, 4.69) is 0 Å². The first-order valence-corrected chi connectivity index (χ1v) is 6.30. The largest absolute Gasteiger partial charge is 0.506 e. The van der Waals surface area contributed by atoms with Gasteiger partial charge in [0.25, 0.3) is 0 Å². The monoisotopic (exact) mass is 228 g/mol. The van der Waals surface area contributed by atoms with Crippen LogP contribution in [0, 0.1) is 0 Å². The summed E-state index contributed by atoms with van der Waals surface area (Å²) in [6, 6.07) is 2.87. The fraction of sp³-hybridized carbons (Fsp3) is 0.300. The number of rotatable bonds is 3. The minimum absolute atomic E-state index is 0.00905. The zero-order valence-corrected chi connectivity index (χ0v) is 9.34. The van der Waals surface area contributed by atoms with E-state index in [1.807, 2.05) is 6.92 Å². The van der Waals surface area contributed by atoms with Gasteiger partial charge in [0.15, 0.2) is 16.1 Å². The zero-order chi connectivity index (χ0) is 11.6. The Morgan fingerprint density at radius 1 is 1.40 bits per heavy atom. The number of phenolic OH excluding ortho intramolecular Hbond substituents is 1. The molecule has 4 nitrogen and oxygen atoms in total. The molecule has 0 bridgehead atoms. The SMILES string of the molecule is CCc1cc(C=O)c(O)c(S(C)(=O)=O)c1. The standard InChI is InChI=1S/C10H12O4S/c1-3-7-4-8(6-11)10(12)9(5-7)15(2,13)14/h4-6,12H,3H2,1-2H3. The third-order valence-electron chi connectivity index (χ3n) is 2.10. The van der Waals surface area contributed by atoms with Crippen molar-refractivity contribution in [1.82, 2.24) is 0 Å². The van der Waals surface area contributed by atoms with Crippen LogP contribution in [0.3, 0.4) is 0 Å². The van der Waals surface area contributed by atoms with Gasteiger partial charge >= 0.3 is 0 Å². The molecule has 15 heavy (non-hydrogen) atoms. The minimum Gasteiger partial charge on any atom is -0.506 e. The van der Waals surface area contributed by atoms with Crippen LogP contribution in [0.4, 0.5) is 0 Å². The predicted molar refractivity (Wildman–Crippen MR) is 56.0 cm³/mol. The van der Waals surface area contributed by atoms with E-state index < -0.39 is 15.6 Å². The van der Waals surface area contributed by atoms with Gasteiger partial charge in [-0.05, 0) is 24.1 Å². The summed E-state index contributed by atoms with van der Waals surface area (Å²) in [4.78, 5) is 10.4. The van der Waals surface area contributed by atoms with Crippen molar-refractivity contribution in [2.24, 2.45) is 0 Å². The Labute approximate surface area is 88.5 Å². The number of benzene rings is 1. The maximum absolute atomic E-state index is 11.3. The number of phenols is 1. The lowest BCUT2D eigenvalue weighted by molar-refractivity contribution is 0.112. The van der Waals surface area contributed by atoms with Crippen LogP contribution in [0.2, 0.25) is 0 Å². The molecule has 0 fully saturated rings. The summed E-state index contributed by atoms with van der Waals surface area (Å²) in [5, 5.41) is 9.53. The molecule has 0 amide bonds. The summed E-state index contributed by atoms with van der Waals surface area (Å²) in [6.45, 7) is 1.84. The Hall–Kier alpha value is -1.36. The molecule has 5 heteroatoms. The van der Waals surface area contributed by atoms with Gasteiger partial charge in [0.1, 0.15) is 10.6 Å². The zero-order valence-electron chi connectivity index (χ0n) is 8.52. The van der Waals surface area contributed by atoms with Gasteiger partial charge < -0.3 is 5.11 Å². The Bertz CT molecular complexity index is 488. The summed E-state index contributed by atoms with van der Waals surface area (Å²) in [6.07, 6.45) is 2.04. The number of hydrogen-bond donors (Lipinski definition) is 1. The van der Waals surface area contributed by atoms with Gasteiger partial charge in [-0.15, -0.1) is 0 Å². The number of sulfone groups is 1. The smallest absolute Gasteiger partial charge is 0.179 e. The van der Waals surface area contributed by atoms with E-state index in [9.17, 15) is 18.3 Å². The maximum Gasteiger partial charge on any atom is 0.179 e. The summed E-state index contributed by atoms with van der Waals surface area (Å²) >= 11 is 0. The molecule has 0 radical (unpaired) electrons. The second kappa shape index (κ2) is 4.02. The lowest BCUT2D eigenvalue weighted by Gasteiger charge is -2.07. The molecule has 0 aliphatic rings. The molecule has 0 atom stereocenters. The highest BCUT2D eigenvalue weighted by atomic mass is 32.2. The number of hydrogen-bond acceptors (Lipinski definition) is 4. The molecule has 0 aliphatic carbocycles. The van der Waals surface area contributed by atoms with E-state index in [0.717, 1.165) is 6.26 Å². The van der Waals surface area contributed by atoms with Gasteiger partial charge in [0.05, 0.1) is 5.56 Å². The first-order valence-electron chi connectivity index (χ1n) is 4.41. The van der Waals surface area contributed by atoms with Crippen molar-refractivity contribution in [2.75, 3.05) is 6.26 Å². The van der Waals surface area contributed by atoms with E-state index in [1.54, 1.807) is 0 Å². The quantitative estimate of drug-likeness (QED) is 0.788. The summed E-state index contributed by atoms with van der Waals surface area (Å²) in [5.41, 5.74) is 0.713. The maximum atomic E-state index is 11.3. The highest BCUT2D eigenvalue weighted by Gasteiger charge is 2.17. The molecular weight excluding hydrogens is 216 g/mol. The van der Waals surface area contributed by atoms with Crippen molar-refractivity contribution in [3.63, 3.8) is 0 Å². The van der Waals surface area contributed by atoms with Crippen molar-refractivity contribution in [3.05, 3.63) is 23.3 Å². The highest BCUT2D eigenvalue weighted by molar-refractivity contribution is 7.90. The molecule has 1 N–H and O–H groups in total. The van der Waals surface area contributed by atoms with Crippen molar-refractivity contribution in [1.29, 1.82) is 0 Å². The third kappa shape index (κ3) is 2.36. The molecule has 82 valence electrons. The lowest BCUT2D eigenvalue weighted by Crippen LogP contribution is -2.01. The summed E-state index contributed by atoms with van der Waals surface area (Å²) in [5.74, 6) is -0.468. The van der Waals surface area contributed by atoms with E-state index in [1.165, 1.54) is 12.1 Å². The van der Waals surface area contributed by atoms with Crippen LogP contribution >= 0.6 is 0 Å². The second-order valence-electron chi connectivity index (χ2n) is 3.28. The van der Waals surface area contributed by atoms with E-state index >= 15 is 0 Å². The molecule has 0 saturated carbocycles. The van der Waals surface area contributed by atoms with Crippen LogP contribution in [0.25, 0.3) is 0 Å². The van der Waals surface area contributed by atoms with Gasteiger partial charge in [0, 0.05) is 6.26 Å². The number of aromatic hydroxyl groups is 1. The molecular formula is C10H12O4S. The van der Waals surface area contributed by atoms with Crippen LogP contribution < -0.4 is 0 Å². The predicted octanol–water partition coefficient (Wildman–Crippen LogP) is 1.17. The molecule has 0 heterocycles. The van der Waals surface area contributed by atoms with Gasteiger partial charge in [-0.25, -0.2) is 8.42 Å². The van der Waals surface area contributed by atoms with Crippen molar-refractivity contribution < 1.29 is 18.3 Å². The van der Waals surface area contributed by atoms with Crippen molar-refractivity contribution in [2.45, 2.75) is 18.2 Å². The fourth-order valence-corrected chi connectivity index (χ4v) is 2.10. The number of aryl methyl sites for hydroxylation is 1. The van der Waals surface area contributed by atoms with Crippen molar-refractivity contribution >= 4 is 16.1 Å². The molecule has 0 aliphatic heterocycles. The van der Waals surface area contributed by atoms with Gasteiger partial charge in [-0.3, -0.25) is 4.79 Å². The molecule has 0 aromatic heterocycles. The van der Waals surface area contributed by atoms with Gasteiger partial charge in [-0.2, -0.15) is 0 Å². The first-order chi connectivity index (χ1) is 6.90.